The largest absolute Gasteiger partial charge is 0.444 e. The van der Waals surface area contributed by atoms with E-state index in [0.717, 1.165) is 5.56 Å². The van der Waals surface area contributed by atoms with Gasteiger partial charge in [0.1, 0.15) is 17.7 Å². The molecule has 0 spiro atoms. The lowest BCUT2D eigenvalue weighted by molar-refractivity contribution is -0.194. The van der Waals surface area contributed by atoms with E-state index in [9.17, 15) is 28.8 Å². The van der Waals surface area contributed by atoms with Crippen molar-refractivity contribution in [2.24, 2.45) is 11.3 Å². The van der Waals surface area contributed by atoms with Gasteiger partial charge in [0.25, 0.3) is 11.8 Å². The molecule has 12 heteroatoms. The number of amides is 5. The van der Waals surface area contributed by atoms with E-state index in [1.165, 1.54) is 23.8 Å². The van der Waals surface area contributed by atoms with Crippen LogP contribution < -0.4 is 5.32 Å². The molecule has 1 heterocycles. The highest BCUT2D eigenvalue weighted by atomic mass is 16.7. The van der Waals surface area contributed by atoms with Crippen molar-refractivity contribution < 1.29 is 38.3 Å². The van der Waals surface area contributed by atoms with E-state index < -0.39 is 70.2 Å². The summed E-state index contributed by atoms with van der Waals surface area (Å²) in [6, 6.07) is 6.59. The zero-order valence-electron chi connectivity index (χ0n) is 30.8. The minimum Gasteiger partial charge on any atom is -0.444 e. The van der Waals surface area contributed by atoms with Gasteiger partial charge in [0.2, 0.25) is 11.8 Å². The summed E-state index contributed by atoms with van der Waals surface area (Å²) in [4.78, 5) is 86.5. The lowest BCUT2D eigenvalue weighted by Crippen LogP contribution is -2.63. The van der Waals surface area contributed by atoms with Crippen LogP contribution in [0.3, 0.4) is 0 Å². The summed E-state index contributed by atoms with van der Waals surface area (Å²) in [5.41, 5.74) is -1.59. The summed E-state index contributed by atoms with van der Waals surface area (Å²) in [6.07, 6.45) is 0.802. The number of carbonyl (C=O) groups is 6. The van der Waals surface area contributed by atoms with E-state index in [0.29, 0.717) is 5.06 Å². The van der Waals surface area contributed by atoms with Gasteiger partial charge in [-0.25, -0.2) is 9.59 Å². The Balaban J connectivity index is 2.47. The molecule has 5 amide bonds. The summed E-state index contributed by atoms with van der Waals surface area (Å²) in [7, 11) is 3.09. The van der Waals surface area contributed by atoms with Gasteiger partial charge in [-0.3, -0.25) is 24.1 Å². The van der Waals surface area contributed by atoms with Gasteiger partial charge in [-0.2, -0.15) is 0 Å². The van der Waals surface area contributed by atoms with Gasteiger partial charge >= 0.3 is 12.1 Å². The van der Waals surface area contributed by atoms with E-state index in [1.54, 1.807) is 33.9 Å². The highest BCUT2D eigenvalue weighted by Crippen LogP contribution is 2.32. The summed E-state index contributed by atoms with van der Waals surface area (Å²) in [5.74, 6) is -3.23. The Bertz CT molecular complexity index is 1390. The van der Waals surface area contributed by atoms with E-state index in [2.05, 4.69) is 5.32 Å². The number of hydroxylamine groups is 2. The number of hydrogen-bond donors (Lipinski definition) is 1. The second-order valence-electron chi connectivity index (χ2n) is 15.4. The molecule has 0 radical (unpaired) electrons. The number of rotatable bonds is 11. The van der Waals surface area contributed by atoms with Crippen molar-refractivity contribution in [2.75, 3.05) is 14.1 Å². The van der Waals surface area contributed by atoms with Crippen LogP contribution in [-0.2, 0) is 39.0 Å². The van der Waals surface area contributed by atoms with Gasteiger partial charge in [0.15, 0.2) is 0 Å². The Labute approximate surface area is 285 Å². The lowest BCUT2D eigenvalue weighted by atomic mass is 9.76. The van der Waals surface area contributed by atoms with Crippen LogP contribution in [0.2, 0.25) is 0 Å². The fraction of sp³-hybridized carbons (Fsp3) is 0.611. The first-order valence-corrected chi connectivity index (χ1v) is 16.2. The minimum atomic E-state index is -1.08. The molecule has 2 rings (SSSR count). The molecular formula is C36H54N4O8. The van der Waals surface area contributed by atoms with Crippen LogP contribution >= 0.6 is 0 Å². The first-order chi connectivity index (χ1) is 21.9. The molecule has 1 aliphatic heterocycles. The summed E-state index contributed by atoms with van der Waals surface area (Å²) in [6.45, 7) is 19.6. The van der Waals surface area contributed by atoms with Gasteiger partial charge in [-0.05, 0) is 44.6 Å². The van der Waals surface area contributed by atoms with Gasteiger partial charge < -0.3 is 19.8 Å². The van der Waals surface area contributed by atoms with Crippen molar-refractivity contribution in [3.63, 3.8) is 0 Å². The zero-order valence-corrected chi connectivity index (χ0v) is 30.8. The molecule has 12 nitrogen and oxygen atoms in total. The van der Waals surface area contributed by atoms with E-state index in [-0.39, 0.29) is 24.3 Å². The molecule has 3 atom stereocenters. The molecule has 1 aliphatic rings. The van der Waals surface area contributed by atoms with E-state index in [1.807, 2.05) is 78.8 Å². The molecule has 0 saturated carbocycles. The first-order valence-electron chi connectivity index (χ1n) is 16.2. The molecule has 0 aliphatic carbocycles. The highest BCUT2D eigenvalue weighted by molar-refractivity contribution is 6.02. The zero-order chi connectivity index (χ0) is 36.9. The van der Waals surface area contributed by atoms with Crippen molar-refractivity contribution >= 4 is 35.7 Å². The van der Waals surface area contributed by atoms with E-state index >= 15 is 0 Å². The van der Waals surface area contributed by atoms with Crippen molar-refractivity contribution in [1.82, 2.24) is 20.2 Å². The van der Waals surface area contributed by atoms with Crippen LogP contribution in [0, 0.1) is 11.3 Å². The topological polar surface area (TPSA) is 143 Å². The first kappa shape index (κ1) is 40.0. The predicted molar refractivity (Wildman–Crippen MR) is 181 cm³/mol. The number of nitrogens with zero attached hydrogens (tertiary/aromatic N) is 3. The normalized spacial score (nSPS) is 16.3. The molecule has 1 aromatic rings. The predicted octanol–water partition coefficient (Wildman–Crippen LogP) is 4.77. The van der Waals surface area contributed by atoms with E-state index in [4.69, 9.17) is 9.57 Å². The van der Waals surface area contributed by atoms with Crippen LogP contribution in [0.4, 0.5) is 4.79 Å². The number of likely N-dealkylation sites (N-methyl/N-ethyl adjacent to an activating group) is 2. The number of benzene rings is 1. The van der Waals surface area contributed by atoms with Crippen LogP contribution in [0.25, 0.3) is 0 Å². The fourth-order valence-electron chi connectivity index (χ4n) is 5.56. The van der Waals surface area contributed by atoms with Crippen molar-refractivity contribution in [1.29, 1.82) is 0 Å². The average molecular weight is 671 g/mol. The number of nitrogens with one attached hydrogen (secondary N) is 1. The number of carbonyl (C=O) groups excluding carboxylic acids is 6. The van der Waals surface area contributed by atoms with Crippen molar-refractivity contribution in [3.8, 4) is 0 Å². The molecule has 1 N–H and O–H groups in total. The quantitative estimate of drug-likeness (QED) is 0.262. The highest BCUT2D eigenvalue weighted by Gasteiger charge is 2.46. The molecule has 0 aromatic heterocycles. The standard InChI is InChI=1S/C36H54N4O8/c1-22(2)25(21-23(3)32(45)48-40-26(41)19-20-27(40)42)38(12)31(44)28(34(4,5)6)37-30(43)29(39(13)33(46)47-35(7,8)9)36(10,11)24-17-15-14-16-18-24/h14-18,21-22,25,28-29H,19-20H2,1-13H3,(H,37,43)/b23-21+/t25-,28-,29-/m1/s1. The lowest BCUT2D eigenvalue weighted by Gasteiger charge is -2.42. The molecule has 0 bridgehead atoms. The summed E-state index contributed by atoms with van der Waals surface area (Å²) in [5, 5.41) is 3.44. The second-order valence-corrected chi connectivity index (χ2v) is 15.4. The molecule has 48 heavy (non-hydrogen) atoms. The monoisotopic (exact) mass is 670 g/mol. The molecule has 266 valence electrons. The molecule has 0 unspecified atom stereocenters. The van der Waals surface area contributed by atoms with Gasteiger partial charge in [0.05, 0.1) is 6.04 Å². The maximum Gasteiger partial charge on any atom is 0.410 e. The molecule has 1 aromatic carbocycles. The van der Waals surface area contributed by atoms with Crippen LogP contribution in [0.1, 0.15) is 94.6 Å². The summed E-state index contributed by atoms with van der Waals surface area (Å²) < 4.78 is 5.63. The van der Waals surface area contributed by atoms with Gasteiger partial charge in [-0.15, -0.1) is 5.06 Å². The maximum atomic E-state index is 14.4. The molecule has 1 fully saturated rings. The van der Waals surface area contributed by atoms with Crippen LogP contribution in [-0.4, -0.2) is 88.4 Å². The maximum absolute atomic E-state index is 14.4. The Kier molecular flexibility index (Phi) is 12.8. The van der Waals surface area contributed by atoms with Crippen molar-refractivity contribution in [2.45, 2.75) is 118 Å². The fourth-order valence-corrected chi connectivity index (χ4v) is 5.56. The minimum absolute atomic E-state index is 0.0302. The molecule has 1 saturated heterocycles. The Hall–Kier alpha value is -4.22. The smallest absolute Gasteiger partial charge is 0.410 e. The van der Waals surface area contributed by atoms with Crippen molar-refractivity contribution in [3.05, 3.63) is 47.5 Å². The number of imide groups is 1. The molecular weight excluding hydrogens is 616 g/mol. The Morgan fingerprint density at radius 1 is 0.875 bits per heavy atom. The third-order valence-corrected chi connectivity index (χ3v) is 8.32. The Morgan fingerprint density at radius 2 is 1.40 bits per heavy atom. The second kappa shape index (κ2) is 15.3. The van der Waals surface area contributed by atoms with Gasteiger partial charge in [-0.1, -0.05) is 84.9 Å². The SMILES string of the molecule is C/C(=C\[C@H](C(C)C)N(C)C(=O)[C@@H](NC(=O)[C@@H](N(C)C(=O)OC(C)(C)C)C(C)(C)c1ccccc1)C(C)(C)C)C(=O)ON1C(=O)CCC1=O. The Morgan fingerprint density at radius 3 is 1.85 bits per heavy atom. The third-order valence-electron chi connectivity index (χ3n) is 8.32. The van der Waals surface area contributed by atoms with Crippen LogP contribution in [0.5, 0.6) is 0 Å². The third kappa shape index (κ3) is 9.90. The van der Waals surface area contributed by atoms with Gasteiger partial charge in [0, 0.05) is 37.9 Å². The number of hydrogen-bond acceptors (Lipinski definition) is 8. The van der Waals surface area contributed by atoms with Crippen LogP contribution in [0.15, 0.2) is 42.0 Å². The average Bonchev–Trinajstić information content (AvgIpc) is 3.28. The number of ether oxygens (including phenoxy) is 1. The summed E-state index contributed by atoms with van der Waals surface area (Å²) >= 11 is 0.